The van der Waals surface area contributed by atoms with Crippen LogP contribution in [0.3, 0.4) is 0 Å². The highest BCUT2D eigenvalue weighted by atomic mass is 35.5. The van der Waals surface area contributed by atoms with Crippen LogP contribution in [0.2, 0.25) is 5.02 Å². The fourth-order valence-electron chi connectivity index (χ4n) is 5.18. The lowest BCUT2D eigenvalue weighted by molar-refractivity contribution is 0.175. The third-order valence-electron chi connectivity index (χ3n) is 6.76. The summed E-state index contributed by atoms with van der Waals surface area (Å²) in [5.74, 6) is 1.20. The van der Waals surface area contributed by atoms with Crippen LogP contribution in [0.4, 0.5) is 10.5 Å². The molecule has 32 heavy (non-hydrogen) atoms. The number of nitrogens with one attached hydrogen (secondary N) is 1. The Morgan fingerprint density at radius 3 is 2.91 bits per heavy atom. The number of anilines is 1. The molecule has 0 radical (unpaired) electrons. The Balaban J connectivity index is 1.63. The first-order chi connectivity index (χ1) is 15.5. The highest BCUT2D eigenvalue weighted by Gasteiger charge is 2.33. The molecule has 1 fully saturated rings. The molecule has 8 nitrogen and oxygen atoms in total. The van der Waals surface area contributed by atoms with Gasteiger partial charge < -0.3 is 14.6 Å². The number of hydrogen-bond acceptors (Lipinski definition) is 5. The van der Waals surface area contributed by atoms with E-state index >= 15 is 0 Å². The van der Waals surface area contributed by atoms with Gasteiger partial charge in [-0.1, -0.05) is 18.5 Å². The Labute approximate surface area is 192 Å². The molecule has 2 aromatic heterocycles. The summed E-state index contributed by atoms with van der Waals surface area (Å²) in [5, 5.41) is 8.48. The molecule has 2 aliphatic heterocycles. The van der Waals surface area contributed by atoms with Crippen LogP contribution in [0, 0.1) is 0 Å². The van der Waals surface area contributed by atoms with Gasteiger partial charge in [0.05, 0.1) is 41.6 Å². The quantitative estimate of drug-likeness (QED) is 0.638. The van der Waals surface area contributed by atoms with Crippen LogP contribution in [-0.4, -0.2) is 51.7 Å². The van der Waals surface area contributed by atoms with Gasteiger partial charge in [-0.25, -0.2) is 9.78 Å². The fraction of sp³-hybridized carbons (Fsp3) is 0.522. The lowest BCUT2D eigenvalue weighted by Gasteiger charge is -2.34. The molecule has 2 unspecified atom stereocenters. The number of rotatable bonds is 4. The Hall–Kier alpha value is -2.58. The maximum Gasteiger partial charge on any atom is 0.414 e. The van der Waals surface area contributed by atoms with E-state index in [9.17, 15) is 4.79 Å². The van der Waals surface area contributed by atoms with Gasteiger partial charge >= 0.3 is 6.09 Å². The second kappa shape index (κ2) is 8.41. The van der Waals surface area contributed by atoms with Gasteiger partial charge in [-0.15, -0.1) is 0 Å². The number of ether oxygens (including phenoxy) is 1. The van der Waals surface area contributed by atoms with E-state index in [1.165, 1.54) is 7.11 Å². The summed E-state index contributed by atoms with van der Waals surface area (Å²) in [6, 6.07) is 4.63. The summed E-state index contributed by atoms with van der Waals surface area (Å²) in [6.07, 6.45) is 6.04. The van der Waals surface area contributed by atoms with E-state index in [4.69, 9.17) is 21.3 Å². The maximum absolute atomic E-state index is 12.5. The third kappa shape index (κ3) is 3.55. The lowest BCUT2D eigenvalue weighted by atomic mass is 9.95. The molecule has 3 aromatic rings. The highest BCUT2D eigenvalue weighted by Crippen LogP contribution is 2.39. The number of carbonyl (C=O) groups excluding carboxylic acids is 1. The SMILES string of the molecule is COC(=O)N1c2ccc3c(nc(C(C)Cn4cc(Cl)cn4)n3C3CCNC3)c2CC[C@@H]1C. The van der Waals surface area contributed by atoms with Crippen molar-refractivity contribution in [2.75, 3.05) is 25.1 Å². The van der Waals surface area contributed by atoms with E-state index in [-0.39, 0.29) is 18.1 Å². The van der Waals surface area contributed by atoms with E-state index in [1.807, 2.05) is 10.9 Å². The number of methoxy groups -OCH3 is 1. The number of fused-ring (bicyclic) bond motifs is 3. The van der Waals surface area contributed by atoms with Crippen LogP contribution in [0.5, 0.6) is 0 Å². The largest absolute Gasteiger partial charge is 0.452 e. The molecule has 4 heterocycles. The fourth-order valence-corrected chi connectivity index (χ4v) is 5.34. The molecule has 0 spiro atoms. The molecule has 9 heteroatoms. The van der Waals surface area contributed by atoms with Crippen molar-refractivity contribution in [2.45, 2.75) is 57.7 Å². The number of benzene rings is 1. The second-order valence-corrected chi connectivity index (χ2v) is 9.36. The van der Waals surface area contributed by atoms with Crippen molar-refractivity contribution in [3.05, 3.63) is 40.9 Å². The average Bonchev–Trinajstić information content (AvgIpc) is 3.52. The van der Waals surface area contributed by atoms with Crippen LogP contribution in [0.25, 0.3) is 11.0 Å². The molecule has 3 atom stereocenters. The second-order valence-electron chi connectivity index (χ2n) is 8.93. The molecular weight excluding hydrogens is 428 g/mol. The summed E-state index contributed by atoms with van der Waals surface area (Å²) >= 11 is 6.08. The maximum atomic E-state index is 12.5. The molecule has 5 rings (SSSR count). The minimum atomic E-state index is -0.318. The minimum Gasteiger partial charge on any atom is -0.452 e. The Morgan fingerprint density at radius 2 is 2.22 bits per heavy atom. The Morgan fingerprint density at radius 1 is 1.38 bits per heavy atom. The Bertz CT molecular complexity index is 1150. The van der Waals surface area contributed by atoms with E-state index in [0.29, 0.717) is 17.6 Å². The smallest absolute Gasteiger partial charge is 0.414 e. The van der Waals surface area contributed by atoms with Crippen LogP contribution in [0.15, 0.2) is 24.5 Å². The molecule has 0 saturated carbocycles. The van der Waals surface area contributed by atoms with Gasteiger partial charge in [-0.3, -0.25) is 9.58 Å². The van der Waals surface area contributed by atoms with Gasteiger partial charge in [0.15, 0.2) is 0 Å². The van der Waals surface area contributed by atoms with E-state index in [0.717, 1.165) is 60.5 Å². The van der Waals surface area contributed by atoms with Crippen molar-refractivity contribution in [1.29, 1.82) is 0 Å². The number of halogens is 1. The van der Waals surface area contributed by atoms with Gasteiger partial charge in [0, 0.05) is 36.3 Å². The molecule has 0 aliphatic carbocycles. The molecule has 1 amide bonds. The number of carbonyl (C=O) groups is 1. The standard InChI is InChI=1S/C23H29ClN6O2/c1-14(12-28-13-16(24)10-26-28)22-27-21-18-5-4-15(2)29(23(31)32-3)19(18)6-7-20(21)30(22)17-8-9-25-11-17/h6-7,10,13-15,17,25H,4-5,8-9,11-12H2,1-3H3/t14?,15-,17?/m0/s1. The summed E-state index contributed by atoms with van der Waals surface area (Å²) in [5.41, 5.74) is 4.18. The molecule has 1 N–H and O–H groups in total. The highest BCUT2D eigenvalue weighted by molar-refractivity contribution is 6.30. The molecule has 0 bridgehead atoms. The normalized spacial score (nSPS) is 21.7. The predicted octanol–water partition coefficient (Wildman–Crippen LogP) is 4.13. The molecular formula is C23H29ClN6O2. The van der Waals surface area contributed by atoms with E-state index in [2.05, 4.69) is 41.0 Å². The summed E-state index contributed by atoms with van der Waals surface area (Å²) in [6.45, 7) is 6.89. The predicted molar refractivity (Wildman–Crippen MR) is 125 cm³/mol. The molecule has 170 valence electrons. The van der Waals surface area contributed by atoms with Gasteiger partial charge in [-0.05, 0) is 44.9 Å². The number of aryl methyl sites for hydroxylation is 1. The summed E-state index contributed by atoms with van der Waals surface area (Å²) < 4.78 is 9.36. The van der Waals surface area contributed by atoms with Gasteiger partial charge in [-0.2, -0.15) is 5.10 Å². The zero-order chi connectivity index (χ0) is 22.4. The monoisotopic (exact) mass is 456 g/mol. The van der Waals surface area contributed by atoms with Crippen LogP contribution in [0.1, 0.15) is 50.0 Å². The number of nitrogens with zero attached hydrogens (tertiary/aromatic N) is 5. The van der Waals surface area contributed by atoms with Crippen molar-refractivity contribution >= 4 is 34.4 Å². The zero-order valence-electron chi connectivity index (χ0n) is 18.7. The number of aromatic nitrogens is 4. The lowest BCUT2D eigenvalue weighted by Crippen LogP contribution is -2.42. The van der Waals surface area contributed by atoms with Crippen LogP contribution >= 0.6 is 11.6 Å². The Kier molecular flexibility index (Phi) is 5.59. The first kappa shape index (κ1) is 21.3. The van der Waals surface area contributed by atoms with Gasteiger partial charge in [0.2, 0.25) is 0 Å². The number of hydrogen-bond donors (Lipinski definition) is 1. The third-order valence-corrected chi connectivity index (χ3v) is 6.95. The topological polar surface area (TPSA) is 77.2 Å². The van der Waals surface area contributed by atoms with Crippen LogP contribution in [-0.2, 0) is 17.7 Å². The van der Waals surface area contributed by atoms with Gasteiger partial charge in [0.1, 0.15) is 5.82 Å². The van der Waals surface area contributed by atoms with E-state index < -0.39 is 0 Å². The average molecular weight is 457 g/mol. The number of imidazole rings is 1. The van der Waals surface area contributed by atoms with Crippen molar-refractivity contribution < 1.29 is 9.53 Å². The number of amides is 1. The zero-order valence-corrected chi connectivity index (χ0v) is 19.5. The first-order valence-electron chi connectivity index (χ1n) is 11.3. The van der Waals surface area contributed by atoms with Crippen molar-refractivity contribution in [3.8, 4) is 0 Å². The molecule has 1 saturated heterocycles. The first-order valence-corrected chi connectivity index (χ1v) is 11.6. The van der Waals surface area contributed by atoms with Crippen molar-refractivity contribution in [1.82, 2.24) is 24.6 Å². The van der Waals surface area contributed by atoms with Crippen molar-refractivity contribution in [2.24, 2.45) is 0 Å². The van der Waals surface area contributed by atoms with Gasteiger partial charge in [0.25, 0.3) is 0 Å². The van der Waals surface area contributed by atoms with E-state index in [1.54, 1.807) is 11.1 Å². The summed E-state index contributed by atoms with van der Waals surface area (Å²) in [4.78, 5) is 19.5. The molecule has 1 aromatic carbocycles. The minimum absolute atomic E-state index is 0.0940. The van der Waals surface area contributed by atoms with Crippen molar-refractivity contribution in [3.63, 3.8) is 0 Å². The van der Waals surface area contributed by atoms with Crippen LogP contribution < -0.4 is 10.2 Å². The summed E-state index contributed by atoms with van der Waals surface area (Å²) in [7, 11) is 1.44. The molecule has 2 aliphatic rings.